The van der Waals surface area contributed by atoms with Gasteiger partial charge in [0.25, 0.3) is 0 Å². The zero-order chi connectivity index (χ0) is 11.7. The van der Waals surface area contributed by atoms with Crippen molar-refractivity contribution in [3.63, 3.8) is 0 Å². The minimum absolute atomic E-state index is 0.111. The molecule has 0 radical (unpaired) electrons. The number of hydrogen-bond acceptors (Lipinski definition) is 2. The summed E-state index contributed by atoms with van der Waals surface area (Å²) in [5.74, 6) is 0.314. The number of carbonyl (C=O) groups excluding carboxylic acids is 1. The second kappa shape index (κ2) is 4.34. The minimum atomic E-state index is 0.111. The molecule has 88 valence electrons. The van der Waals surface area contributed by atoms with Crippen molar-refractivity contribution >= 4 is 16.8 Å². The standard InChI is InChI=1S/C14H15NO2/c16-14(12-6-9-17-10-7-12)15-8-5-11-3-1-2-4-13(11)15/h1-5,8,12H,6-7,9-10H2. The molecule has 0 saturated carbocycles. The van der Waals surface area contributed by atoms with Gasteiger partial charge >= 0.3 is 0 Å². The van der Waals surface area contributed by atoms with Crippen molar-refractivity contribution < 1.29 is 9.53 Å². The van der Waals surface area contributed by atoms with E-state index in [1.165, 1.54) is 0 Å². The van der Waals surface area contributed by atoms with E-state index in [0.29, 0.717) is 13.2 Å². The molecule has 1 aliphatic rings. The SMILES string of the molecule is O=C(C1CCOCC1)n1ccc2ccccc21. The third-order valence-electron chi connectivity index (χ3n) is 3.41. The fourth-order valence-corrected chi connectivity index (χ4v) is 2.42. The average Bonchev–Trinajstić information content (AvgIpc) is 2.83. The first kappa shape index (κ1) is 10.5. The maximum atomic E-state index is 12.4. The smallest absolute Gasteiger partial charge is 0.234 e. The van der Waals surface area contributed by atoms with E-state index in [2.05, 4.69) is 0 Å². The van der Waals surface area contributed by atoms with Crippen molar-refractivity contribution in [3.8, 4) is 0 Å². The van der Waals surface area contributed by atoms with Crippen LogP contribution in [0.2, 0.25) is 0 Å². The maximum absolute atomic E-state index is 12.4. The number of benzene rings is 1. The molecule has 0 N–H and O–H groups in total. The van der Waals surface area contributed by atoms with Crippen LogP contribution < -0.4 is 0 Å². The molecule has 2 aromatic rings. The van der Waals surface area contributed by atoms with E-state index in [1.807, 2.05) is 36.5 Å². The van der Waals surface area contributed by atoms with E-state index in [4.69, 9.17) is 4.74 Å². The van der Waals surface area contributed by atoms with Crippen molar-refractivity contribution in [2.24, 2.45) is 5.92 Å². The van der Waals surface area contributed by atoms with Gasteiger partial charge in [0.05, 0.1) is 5.52 Å². The largest absolute Gasteiger partial charge is 0.381 e. The molecule has 0 spiro atoms. The number of aromatic nitrogens is 1. The molecule has 1 fully saturated rings. The molecule has 0 amide bonds. The van der Waals surface area contributed by atoms with Gasteiger partial charge in [-0.2, -0.15) is 0 Å². The number of rotatable bonds is 1. The van der Waals surface area contributed by atoms with Gasteiger partial charge < -0.3 is 4.74 Å². The van der Waals surface area contributed by atoms with E-state index in [1.54, 1.807) is 4.57 Å². The lowest BCUT2D eigenvalue weighted by atomic mass is 9.99. The number of ether oxygens (including phenoxy) is 1. The van der Waals surface area contributed by atoms with Crippen LogP contribution in [0.15, 0.2) is 36.5 Å². The van der Waals surface area contributed by atoms with Crippen LogP contribution in [0.25, 0.3) is 10.9 Å². The summed E-state index contributed by atoms with van der Waals surface area (Å²) in [4.78, 5) is 12.4. The van der Waals surface area contributed by atoms with E-state index < -0.39 is 0 Å². The zero-order valence-electron chi connectivity index (χ0n) is 9.63. The number of carbonyl (C=O) groups is 1. The Labute approximate surface area is 100.0 Å². The molecular formula is C14H15NO2. The molecule has 0 unspecified atom stereocenters. The molecule has 1 aromatic heterocycles. The summed E-state index contributed by atoms with van der Waals surface area (Å²) in [6.07, 6.45) is 3.55. The Balaban J connectivity index is 1.95. The predicted molar refractivity (Wildman–Crippen MR) is 66.1 cm³/mol. The molecule has 1 saturated heterocycles. The fraction of sp³-hybridized carbons (Fsp3) is 0.357. The highest BCUT2D eigenvalue weighted by Gasteiger charge is 2.23. The van der Waals surface area contributed by atoms with Gasteiger partial charge in [0.2, 0.25) is 5.91 Å². The van der Waals surface area contributed by atoms with Gasteiger partial charge in [-0.3, -0.25) is 9.36 Å². The highest BCUT2D eigenvalue weighted by Crippen LogP contribution is 2.21. The zero-order valence-corrected chi connectivity index (χ0v) is 9.63. The quantitative estimate of drug-likeness (QED) is 0.752. The van der Waals surface area contributed by atoms with E-state index >= 15 is 0 Å². The molecule has 3 rings (SSSR count). The second-order valence-corrected chi connectivity index (χ2v) is 4.47. The minimum Gasteiger partial charge on any atom is -0.381 e. The van der Waals surface area contributed by atoms with Crippen LogP contribution in [0.1, 0.15) is 17.6 Å². The first-order valence-corrected chi connectivity index (χ1v) is 6.04. The van der Waals surface area contributed by atoms with Gasteiger partial charge in [-0.15, -0.1) is 0 Å². The van der Waals surface area contributed by atoms with Crippen LogP contribution in [0.3, 0.4) is 0 Å². The Morgan fingerprint density at radius 3 is 2.76 bits per heavy atom. The van der Waals surface area contributed by atoms with Crippen LogP contribution >= 0.6 is 0 Å². The summed E-state index contributed by atoms with van der Waals surface area (Å²) in [6, 6.07) is 9.98. The average molecular weight is 229 g/mol. The summed E-state index contributed by atoms with van der Waals surface area (Å²) >= 11 is 0. The van der Waals surface area contributed by atoms with Crippen molar-refractivity contribution in [2.75, 3.05) is 13.2 Å². The van der Waals surface area contributed by atoms with Gasteiger partial charge in [-0.05, 0) is 25.0 Å². The molecule has 0 atom stereocenters. The van der Waals surface area contributed by atoms with Crippen LogP contribution in [0, 0.1) is 5.92 Å². The van der Waals surface area contributed by atoms with Crippen LogP contribution in [-0.4, -0.2) is 23.7 Å². The first-order chi connectivity index (χ1) is 8.36. The Kier molecular flexibility index (Phi) is 2.69. The topological polar surface area (TPSA) is 31.2 Å². The highest BCUT2D eigenvalue weighted by molar-refractivity contribution is 5.93. The highest BCUT2D eigenvalue weighted by atomic mass is 16.5. The molecule has 3 heteroatoms. The van der Waals surface area contributed by atoms with Crippen molar-refractivity contribution in [3.05, 3.63) is 36.5 Å². The van der Waals surface area contributed by atoms with Gasteiger partial charge in [0.1, 0.15) is 0 Å². The predicted octanol–water partition coefficient (Wildman–Crippen LogP) is 2.71. The fourth-order valence-electron chi connectivity index (χ4n) is 2.42. The van der Waals surface area contributed by atoms with Crippen LogP contribution in [0.4, 0.5) is 0 Å². The van der Waals surface area contributed by atoms with Crippen molar-refractivity contribution in [1.82, 2.24) is 4.57 Å². The third kappa shape index (κ3) is 1.87. The van der Waals surface area contributed by atoms with Gasteiger partial charge in [-0.25, -0.2) is 0 Å². The monoisotopic (exact) mass is 229 g/mol. The third-order valence-corrected chi connectivity index (χ3v) is 3.41. The van der Waals surface area contributed by atoms with Gasteiger partial charge in [0, 0.05) is 30.7 Å². The Morgan fingerprint density at radius 1 is 1.18 bits per heavy atom. The van der Waals surface area contributed by atoms with Crippen molar-refractivity contribution in [1.29, 1.82) is 0 Å². The number of nitrogens with zero attached hydrogens (tertiary/aromatic N) is 1. The summed E-state index contributed by atoms with van der Waals surface area (Å²) in [5.41, 5.74) is 1.00. The first-order valence-electron chi connectivity index (χ1n) is 6.04. The van der Waals surface area contributed by atoms with E-state index in [-0.39, 0.29) is 11.8 Å². The molecule has 1 aromatic carbocycles. The van der Waals surface area contributed by atoms with Crippen LogP contribution in [-0.2, 0) is 4.74 Å². The number of fused-ring (bicyclic) bond motifs is 1. The second-order valence-electron chi connectivity index (χ2n) is 4.47. The van der Waals surface area contributed by atoms with Crippen LogP contribution in [0.5, 0.6) is 0 Å². The Morgan fingerprint density at radius 2 is 1.94 bits per heavy atom. The number of para-hydroxylation sites is 1. The van der Waals surface area contributed by atoms with E-state index in [9.17, 15) is 4.79 Å². The molecule has 3 nitrogen and oxygen atoms in total. The molecule has 0 aliphatic carbocycles. The summed E-state index contributed by atoms with van der Waals surface area (Å²) in [7, 11) is 0. The lowest BCUT2D eigenvalue weighted by molar-refractivity contribution is 0.0490. The normalized spacial score (nSPS) is 17.4. The Bertz CT molecular complexity index is 538. The van der Waals surface area contributed by atoms with Gasteiger partial charge in [0.15, 0.2) is 0 Å². The molecular weight excluding hydrogens is 214 g/mol. The number of hydrogen-bond donors (Lipinski definition) is 0. The summed E-state index contributed by atoms with van der Waals surface area (Å²) in [6.45, 7) is 1.41. The molecule has 17 heavy (non-hydrogen) atoms. The summed E-state index contributed by atoms with van der Waals surface area (Å²) < 4.78 is 7.08. The van der Waals surface area contributed by atoms with E-state index in [0.717, 1.165) is 23.7 Å². The molecule has 2 heterocycles. The van der Waals surface area contributed by atoms with Gasteiger partial charge in [-0.1, -0.05) is 18.2 Å². The molecule has 1 aliphatic heterocycles. The maximum Gasteiger partial charge on any atom is 0.234 e. The lowest BCUT2D eigenvalue weighted by Gasteiger charge is -2.21. The lowest BCUT2D eigenvalue weighted by Crippen LogP contribution is -2.27. The summed E-state index contributed by atoms with van der Waals surface area (Å²) in [5, 5.41) is 1.12. The Hall–Kier alpha value is -1.61. The van der Waals surface area contributed by atoms with Crippen molar-refractivity contribution in [2.45, 2.75) is 12.8 Å². The molecule has 0 bridgehead atoms.